The topological polar surface area (TPSA) is 50.8 Å². The summed E-state index contributed by atoms with van der Waals surface area (Å²) < 4.78 is 24.0. The minimum Gasteiger partial charge on any atom is -0.497 e. The monoisotopic (exact) mass is 362 g/mol. The Morgan fingerprint density at radius 3 is 2.80 bits per heavy atom. The molecule has 0 aliphatic carbocycles. The Kier molecular flexibility index (Phi) is 5.33. The second kappa shape index (κ2) is 7.65. The number of carbonyl (C=O) groups excluding carboxylic acids is 1. The maximum Gasteiger partial charge on any atom is 0.323 e. The number of nitrogens with one attached hydrogen (secondary N) is 1. The minimum atomic E-state index is -0.304. The first kappa shape index (κ1) is 17.4. The number of ether oxygens (including phenoxy) is 2. The summed E-state index contributed by atoms with van der Waals surface area (Å²) in [6, 6.07) is 11.3. The van der Waals surface area contributed by atoms with E-state index in [1.165, 1.54) is 19.2 Å². The molecule has 25 heavy (non-hydrogen) atoms. The number of hydrogen-bond acceptors (Lipinski definition) is 4. The summed E-state index contributed by atoms with van der Waals surface area (Å²) in [7, 11) is 3.10. The molecule has 2 aromatic rings. The third kappa shape index (κ3) is 3.82. The van der Waals surface area contributed by atoms with Gasteiger partial charge in [0.2, 0.25) is 0 Å². The average Bonchev–Trinajstić information content (AvgIpc) is 3.12. The van der Waals surface area contributed by atoms with Crippen LogP contribution in [-0.2, 0) is 0 Å². The summed E-state index contributed by atoms with van der Waals surface area (Å²) in [4.78, 5) is 14.4. The van der Waals surface area contributed by atoms with E-state index in [2.05, 4.69) is 5.32 Å². The Morgan fingerprint density at radius 1 is 1.24 bits per heavy atom. The number of methoxy groups -OCH3 is 2. The van der Waals surface area contributed by atoms with Crippen LogP contribution in [0.4, 0.5) is 14.9 Å². The molecule has 132 valence electrons. The standard InChI is InChI=1S/C18H19FN2O3S/c1-23-14-6-7-15(16(11-14)24-2)20-18(22)21-8-9-25-17(21)12-4-3-5-13(19)10-12/h3-7,10-11,17H,8-9H2,1-2H3,(H,20,22). The van der Waals surface area contributed by atoms with Crippen LogP contribution in [0.15, 0.2) is 42.5 Å². The summed E-state index contributed by atoms with van der Waals surface area (Å²) in [5.74, 6) is 1.65. The van der Waals surface area contributed by atoms with Gasteiger partial charge in [0.05, 0.1) is 19.9 Å². The van der Waals surface area contributed by atoms with Crippen LogP contribution in [0.3, 0.4) is 0 Å². The van der Waals surface area contributed by atoms with Gasteiger partial charge in [0.1, 0.15) is 22.7 Å². The Balaban J connectivity index is 1.78. The highest BCUT2D eigenvalue weighted by Crippen LogP contribution is 2.39. The summed E-state index contributed by atoms with van der Waals surface area (Å²) in [6.07, 6.45) is 0. The average molecular weight is 362 g/mol. The SMILES string of the molecule is COc1ccc(NC(=O)N2CCSC2c2cccc(F)c2)c(OC)c1. The highest BCUT2D eigenvalue weighted by Gasteiger charge is 2.31. The highest BCUT2D eigenvalue weighted by molar-refractivity contribution is 7.99. The van der Waals surface area contributed by atoms with Gasteiger partial charge >= 0.3 is 6.03 Å². The lowest BCUT2D eigenvalue weighted by Crippen LogP contribution is -2.34. The van der Waals surface area contributed by atoms with Crippen molar-refractivity contribution in [3.63, 3.8) is 0 Å². The van der Waals surface area contributed by atoms with Gasteiger partial charge in [0.15, 0.2) is 0 Å². The molecule has 2 amide bonds. The molecule has 2 aromatic carbocycles. The normalized spacial score (nSPS) is 16.6. The van der Waals surface area contributed by atoms with E-state index in [0.29, 0.717) is 23.7 Å². The van der Waals surface area contributed by atoms with Crippen molar-refractivity contribution in [2.45, 2.75) is 5.37 Å². The molecule has 1 aliphatic rings. The number of rotatable bonds is 4. The van der Waals surface area contributed by atoms with E-state index in [4.69, 9.17) is 9.47 Å². The first-order valence-electron chi connectivity index (χ1n) is 7.79. The second-order valence-electron chi connectivity index (χ2n) is 5.47. The molecule has 0 aromatic heterocycles. The van der Waals surface area contributed by atoms with Gasteiger partial charge in [-0.25, -0.2) is 9.18 Å². The molecule has 0 saturated carbocycles. The first-order chi connectivity index (χ1) is 12.1. The molecule has 1 atom stereocenters. The third-order valence-electron chi connectivity index (χ3n) is 3.94. The molecule has 3 rings (SSSR count). The van der Waals surface area contributed by atoms with Gasteiger partial charge in [0.25, 0.3) is 0 Å². The molecule has 1 unspecified atom stereocenters. The van der Waals surface area contributed by atoms with Crippen LogP contribution in [0, 0.1) is 5.82 Å². The van der Waals surface area contributed by atoms with Crippen molar-refractivity contribution < 1.29 is 18.7 Å². The Hall–Kier alpha value is -2.41. The maximum atomic E-state index is 13.5. The van der Waals surface area contributed by atoms with E-state index < -0.39 is 0 Å². The molecule has 1 saturated heterocycles. The number of thioether (sulfide) groups is 1. The molecule has 0 radical (unpaired) electrons. The van der Waals surface area contributed by atoms with E-state index in [9.17, 15) is 9.18 Å². The van der Waals surface area contributed by atoms with Gasteiger partial charge in [-0.2, -0.15) is 0 Å². The fourth-order valence-corrected chi connectivity index (χ4v) is 3.95. The molecular formula is C18H19FN2O3S. The van der Waals surface area contributed by atoms with E-state index in [0.717, 1.165) is 11.3 Å². The van der Waals surface area contributed by atoms with Gasteiger partial charge in [-0.3, -0.25) is 0 Å². The number of nitrogens with zero attached hydrogens (tertiary/aromatic N) is 1. The molecule has 1 N–H and O–H groups in total. The Morgan fingerprint density at radius 2 is 2.08 bits per heavy atom. The van der Waals surface area contributed by atoms with Crippen molar-refractivity contribution in [2.75, 3.05) is 31.8 Å². The second-order valence-corrected chi connectivity index (χ2v) is 6.66. The number of anilines is 1. The predicted molar refractivity (Wildman–Crippen MR) is 96.9 cm³/mol. The number of halogens is 1. The van der Waals surface area contributed by atoms with E-state index in [-0.39, 0.29) is 17.2 Å². The maximum absolute atomic E-state index is 13.5. The molecule has 7 heteroatoms. The van der Waals surface area contributed by atoms with Gasteiger partial charge < -0.3 is 19.7 Å². The quantitative estimate of drug-likeness (QED) is 0.889. The van der Waals surface area contributed by atoms with Gasteiger partial charge in [-0.1, -0.05) is 12.1 Å². The zero-order valence-electron chi connectivity index (χ0n) is 14.0. The van der Waals surface area contributed by atoms with Crippen LogP contribution >= 0.6 is 11.8 Å². The van der Waals surface area contributed by atoms with Crippen LogP contribution in [0.25, 0.3) is 0 Å². The van der Waals surface area contributed by atoms with Crippen molar-refractivity contribution >= 4 is 23.5 Å². The van der Waals surface area contributed by atoms with Crippen LogP contribution in [0.5, 0.6) is 11.5 Å². The smallest absolute Gasteiger partial charge is 0.323 e. The molecule has 5 nitrogen and oxygen atoms in total. The predicted octanol–water partition coefficient (Wildman–Crippen LogP) is 4.12. The van der Waals surface area contributed by atoms with Crippen LogP contribution in [-0.4, -0.2) is 37.4 Å². The van der Waals surface area contributed by atoms with E-state index in [1.54, 1.807) is 48.0 Å². The van der Waals surface area contributed by atoms with Gasteiger partial charge in [-0.05, 0) is 29.8 Å². The first-order valence-corrected chi connectivity index (χ1v) is 8.84. The van der Waals surface area contributed by atoms with Crippen LogP contribution < -0.4 is 14.8 Å². The van der Waals surface area contributed by atoms with Crippen LogP contribution in [0.2, 0.25) is 0 Å². The van der Waals surface area contributed by atoms with Gasteiger partial charge in [-0.15, -0.1) is 11.8 Å². The summed E-state index contributed by atoms with van der Waals surface area (Å²) in [5.41, 5.74) is 1.34. The number of benzene rings is 2. The number of urea groups is 1. The fraction of sp³-hybridized carbons (Fsp3) is 0.278. The third-order valence-corrected chi connectivity index (χ3v) is 5.20. The largest absolute Gasteiger partial charge is 0.497 e. The van der Waals surface area contributed by atoms with Gasteiger partial charge in [0, 0.05) is 18.4 Å². The molecular weight excluding hydrogens is 343 g/mol. The Labute approximate surface area is 150 Å². The molecule has 1 heterocycles. The molecule has 0 bridgehead atoms. The lowest BCUT2D eigenvalue weighted by molar-refractivity contribution is 0.214. The molecule has 0 spiro atoms. The zero-order valence-corrected chi connectivity index (χ0v) is 14.8. The van der Waals surface area contributed by atoms with Crippen molar-refractivity contribution in [3.8, 4) is 11.5 Å². The van der Waals surface area contributed by atoms with Crippen molar-refractivity contribution in [1.82, 2.24) is 4.90 Å². The highest BCUT2D eigenvalue weighted by atomic mass is 32.2. The summed E-state index contributed by atoms with van der Waals surface area (Å²) in [5, 5.41) is 2.66. The number of hydrogen-bond donors (Lipinski definition) is 1. The minimum absolute atomic E-state index is 0.208. The fourth-order valence-electron chi connectivity index (χ4n) is 2.70. The summed E-state index contributed by atoms with van der Waals surface area (Å²) >= 11 is 1.61. The zero-order chi connectivity index (χ0) is 17.8. The van der Waals surface area contributed by atoms with Crippen molar-refractivity contribution in [3.05, 3.63) is 53.8 Å². The van der Waals surface area contributed by atoms with Crippen LogP contribution in [0.1, 0.15) is 10.9 Å². The lowest BCUT2D eigenvalue weighted by Gasteiger charge is -2.25. The number of carbonyl (C=O) groups is 1. The van der Waals surface area contributed by atoms with Crippen molar-refractivity contribution in [1.29, 1.82) is 0 Å². The molecule has 1 aliphatic heterocycles. The summed E-state index contributed by atoms with van der Waals surface area (Å²) in [6.45, 7) is 0.593. The molecule has 1 fully saturated rings. The number of amides is 2. The Bertz CT molecular complexity index is 772. The van der Waals surface area contributed by atoms with E-state index >= 15 is 0 Å². The van der Waals surface area contributed by atoms with E-state index in [1.807, 2.05) is 6.07 Å². The lowest BCUT2D eigenvalue weighted by atomic mass is 10.2. The van der Waals surface area contributed by atoms with Crippen molar-refractivity contribution in [2.24, 2.45) is 0 Å².